The molecule has 0 saturated carbocycles. The molecule has 6 heteroatoms. The van der Waals surface area contributed by atoms with Crippen LogP contribution in [-0.2, 0) is 11.0 Å². The van der Waals surface area contributed by atoms with Gasteiger partial charge in [-0.15, -0.1) is 0 Å². The fourth-order valence-electron chi connectivity index (χ4n) is 1.29. The zero-order valence-corrected chi connectivity index (χ0v) is 11.0. The van der Waals surface area contributed by atoms with Crippen LogP contribution in [0.2, 0.25) is 0 Å². The molecule has 1 aromatic rings. The maximum absolute atomic E-state index is 12.6. The van der Waals surface area contributed by atoms with Gasteiger partial charge in [0.1, 0.15) is 0 Å². The van der Waals surface area contributed by atoms with Crippen molar-refractivity contribution in [3.63, 3.8) is 0 Å². The van der Waals surface area contributed by atoms with E-state index in [1.54, 1.807) is 0 Å². The molecule has 0 aliphatic rings. The van der Waals surface area contributed by atoms with Gasteiger partial charge in [-0.3, -0.25) is 4.79 Å². The molecule has 0 aliphatic carbocycles. The maximum Gasteiger partial charge on any atom is 0.418 e. The Balaban J connectivity index is 2.75. The predicted molar refractivity (Wildman–Crippen MR) is 70.5 cm³/mol. The molecule has 1 rings (SSSR count). The Hall–Kier alpha value is -1.61. The minimum absolute atomic E-state index is 0.00589. The molecule has 2 nitrogen and oxygen atoms in total. The maximum atomic E-state index is 12.6. The van der Waals surface area contributed by atoms with E-state index < -0.39 is 11.7 Å². The lowest BCUT2D eigenvalue weighted by Crippen LogP contribution is -2.09. The summed E-state index contributed by atoms with van der Waals surface area (Å²) in [7, 11) is 0. The lowest BCUT2D eigenvalue weighted by molar-refractivity contribution is -0.136. The van der Waals surface area contributed by atoms with Gasteiger partial charge in [0.15, 0.2) is 5.12 Å². The molecule has 0 aromatic heterocycles. The molecule has 102 valence electrons. The number of hydrogen-bond donors (Lipinski definition) is 1. The molecule has 2 N–H and O–H groups in total. The Bertz CT molecular complexity index is 529. The highest BCUT2D eigenvalue weighted by atomic mass is 32.2. The summed E-state index contributed by atoms with van der Waals surface area (Å²) in [5, 5.41) is -0.00589. The van der Waals surface area contributed by atoms with Crippen molar-refractivity contribution in [2.75, 3.05) is 11.5 Å². The Labute approximate surface area is 113 Å². The van der Waals surface area contributed by atoms with E-state index in [-0.39, 0.29) is 16.4 Å². The minimum Gasteiger partial charge on any atom is -0.398 e. The van der Waals surface area contributed by atoms with Crippen LogP contribution in [0, 0.1) is 11.8 Å². The van der Waals surface area contributed by atoms with Gasteiger partial charge in [0, 0.05) is 30.3 Å². The molecule has 0 amide bonds. The van der Waals surface area contributed by atoms with Gasteiger partial charge in [0.05, 0.1) is 5.56 Å². The number of thioether (sulfide) groups is 1. The predicted octanol–water partition coefficient (Wildman–Crippen LogP) is 3.31. The number of anilines is 1. The van der Waals surface area contributed by atoms with Crippen molar-refractivity contribution in [3.05, 3.63) is 29.3 Å². The molecule has 1 aromatic carbocycles. The third-order valence-electron chi connectivity index (χ3n) is 2.12. The fourth-order valence-corrected chi connectivity index (χ4v) is 1.78. The molecule has 0 unspecified atom stereocenters. The summed E-state index contributed by atoms with van der Waals surface area (Å²) in [5.41, 5.74) is 4.34. The van der Waals surface area contributed by atoms with Crippen LogP contribution in [0.15, 0.2) is 18.2 Å². The third-order valence-corrected chi connectivity index (χ3v) is 2.94. The highest BCUT2D eigenvalue weighted by Crippen LogP contribution is 2.33. The van der Waals surface area contributed by atoms with Gasteiger partial charge < -0.3 is 5.73 Å². The SMILES string of the molecule is CC(=O)SCCC#Cc1ccc(N)c(C(F)(F)F)c1. The molecule has 0 atom stereocenters. The van der Waals surface area contributed by atoms with Gasteiger partial charge in [-0.05, 0) is 18.2 Å². The fraction of sp³-hybridized carbons (Fsp3) is 0.308. The van der Waals surface area contributed by atoms with Crippen molar-refractivity contribution in [3.8, 4) is 11.8 Å². The number of benzene rings is 1. The molecule has 0 fully saturated rings. The van der Waals surface area contributed by atoms with E-state index in [4.69, 9.17) is 5.73 Å². The third kappa shape index (κ3) is 5.26. The summed E-state index contributed by atoms with van der Waals surface area (Å²) in [6.07, 6.45) is -4.04. The van der Waals surface area contributed by atoms with Gasteiger partial charge in [0.2, 0.25) is 0 Å². The summed E-state index contributed by atoms with van der Waals surface area (Å²) >= 11 is 1.13. The first kappa shape index (κ1) is 15.4. The van der Waals surface area contributed by atoms with E-state index in [0.717, 1.165) is 17.8 Å². The van der Waals surface area contributed by atoms with Gasteiger partial charge in [0.25, 0.3) is 0 Å². The second kappa shape index (κ2) is 6.53. The number of halogens is 3. The van der Waals surface area contributed by atoms with E-state index in [2.05, 4.69) is 11.8 Å². The smallest absolute Gasteiger partial charge is 0.398 e. The van der Waals surface area contributed by atoms with Crippen LogP contribution in [0.25, 0.3) is 0 Å². The van der Waals surface area contributed by atoms with Crippen molar-refractivity contribution in [1.29, 1.82) is 0 Å². The Morgan fingerprint density at radius 3 is 2.68 bits per heavy atom. The molecular weight excluding hydrogens is 275 g/mol. The molecular formula is C13H12F3NOS. The van der Waals surface area contributed by atoms with Crippen molar-refractivity contribution < 1.29 is 18.0 Å². The lowest BCUT2D eigenvalue weighted by atomic mass is 10.1. The standard InChI is InChI=1S/C13H12F3NOS/c1-9(18)19-7-3-2-4-10-5-6-12(17)11(8-10)13(14,15)16/h5-6,8H,3,7,17H2,1H3. The van der Waals surface area contributed by atoms with E-state index in [1.807, 2.05) is 0 Å². The molecule has 0 bridgehead atoms. The molecule has 0 spiro atoms. The van der Waals surface area contributed by atoms with E-state index >= 15 is 0 Å². The summed E-state index contributed by atoms with van der Waals surface area (Å²) in [6, 6.07) is 3.56. The number of carbonyl (C=O) groups excluding carboxylic acids is 1. The van der Waals surface area contributed by atoms with Gasteiger partial charge in [-0.25, -0.2) is 0 Å². The zero-order valence-electron chi connectivity index (χ0n) is 10.2. The van der Waals surface area contributed by atoms with Crippen LogP contribution < -0.4 is 5.73 Å². The number of nitrogens with two attached hydrogens (primary N) is 1. The first-order chi connectivity index (χ1) is 8.80. The number of carbonyl (C=O) groups is 1. The van der Waals surface area contributed by atoms with Crippen molar-refractivity contribution >= 4 is 22.6 Å². The average molecular weight is 287 g/mol. The summed E-state index contributed by atoms with van der Waals surface area (Å²) in [5.74, 6) is 5.88. The van der Waals surface area contributed by atoms with Crippen LogP contribution in [-0.4, -0.2) is 10.9 Å². The molecule has 0 radical (unpaired) electrons. The van der Waals surface area contributed by atoms with Crippen molar-refractivity contribution in [1.82, 2.24) is 0 Å². The van der Waals surface area contributed by atoms with Crippen molar-refractivity contribution in [2.45, 2.75) is 19.5 Å². The number of alkyl halides is 3. The normalized spacial score (nSPS) is 10.7. The second-order valence-corrected chi connectivity index (χ2v) is 4.96. The van der Waals surface area contributed by atoms with E-state index in [9.17, 15) is 18.0 Å². The number of nitrogen functional groups attached to an aromatic ring is 1. The van der Waals surface area contributed by atoms with Crippen LogP contribution >= 0.6 is 11.8 Å². The molecule has 0 aliphatic heterocycles. The lowest BCUT2D eigenvalue weighted by Gasteiger charge is -2.09. The molecule has 0 heterocycles. The Morgan fingerprint density at radius 1 is 1.42 bits per heavy atom. The minimum atomic E-state index is -4.48. The number of rotatable bonds is 2. The van der Waals surface area contributed by atoms with Crippen LogP contribution in [0.5, 0.6) is 0 Å². The summed E-state index contributed by atoms with van der Waals surface area (Å²) in [6.45, 7) is 1.45. The summed E-state index contributed by atoms with van der Waals surface area (Å²) in [4.78, 5) is 10.6. The van der Waals surface area contributed by atoms with Gasteiger partial charge in [-0.2, -0.15) is 13.2 Å². The van der Waals surface area contributed by atoms with Gasteiger partial charge in [-0.1, -0.05) is 23.6 Å². The first-order valence-corrected chi connectivity index (χ1v) is 6.38. The number of hydrogen-bond acceptors (Lipinski definition) is 3. The van der Waals surface area contributed by atoms with Crippen LogP contribution in [0.1, 0.15) is 24.5 Å². The highest BCUT2D eigenvalue weighted by Gasteiger charge is 2.32. The van der Waals surface area contributed by atoms with E-state index in [0.29, 0.717) is 12.2 Å². The summed E-state index contributed by atoms with van der Waals surface area (Å²) < 4.78 is 37.8. The largest absolute Gasteiger partial charge is 0.418 e. The van der Waals surface area contributed by atoms with Crippen LogP contribution in [0.4, 0.5) is 18.9 Å². The molecule has 19 heavy (non-hydrogen) atoms. The second-order valence-electron chi connectivity index (χ2n) is 3.69. The van der Waals surface area contributed by atoms with Crippen molar-refractivity contribution in [2.24, 2.45) is 0 Å². The Morgan fingerprint density at radius 2 is 2.11 bits per heavy atom. The van der Waals surface area contributed by atoms with E-state index in [1.165, 1.54) is 19.1 Å². The Kier molecular flexibility index (Phi) is 5.31. The highest BCUT2D eigenvalue weighted by molar-refractivity contribution is 8.13. The average Bonchev–Trinajstić information content (AvgIpc) is 2.28. The monoisotopic (exact) mass is 287 g/mol. The topological polar surface area (TPSA) is 43.1 Å². The zero-order chi connectivity index (χ0) is 14.5. The first-order valence-electron chi connectivity index (χ1n) is 5.39. The van der Waals surface area contributed by atoms with Crippen LogP contribution in [0.3, 0.4) is 0 Å². The molecule has 0 saturated heterocycles. The quantitative estimate of drug-likeness (QED) is 0.515. The van der Waals surface area contributed by atoms with Gasteiger partial charge >= 0.3 is 6.18 Å².